The summed E-state index contributed by atoms with van der Waals surface area (Å²) in [4.78, 5) is 12.8. The third-order valence-electron chi connectivity index (χ3n) is 2.59. The molecule has 0 atom stereocenters. The number of rotatable bonds is 4. The Labute approximate surface area is 124 Å². The Balaban J connectivity index is 2.41. The highest BCUT2D eigenvalue weighted by molar-refractivity contribution is 6.31. The molecule has 0 heterocycles. The summed E-state index contributed by atoms with van der Waals surface area (Å²) >= 11 is 5.88. The van der Waals surface area contributed by atoms with Crippen LogP contribution in [0.2, 0.25) is 5.02 Å². The monoisotopic (exact) mass is 312 g/mol. The molecular weight excluding hydrogens is 302 g/mol. The zero-order valence-electron chi connectivity index (χ0n) is 10.7. The van der Waals surface area contributed by atoms with Gasteiger partial charge in [0, 0.05) is 11.1 Å². The van der Waals surface area contributed by atoms with Gasteiger partial charge in [-0.05, 0) is 30.3 Å². The number of primary amides is 1. The predicted molar refractivity (Wildman–Crippen MR) is 76.2 cm³/mol. The van der Waals surface area contributed by atoms with Crippen LogP contribution in [0.4, 0.5) is 25.0 Å². The number of halogens is 3. The molecule has 0 unspecified atom stereocenters. The van der Waals surface area contributed by atoms with Gasteiger partial charge in [0.2, 0.25) is 0 Å². The van der Waals surface area contributed by atoms with Gasteiger partial charge in [0.15, 0.2) is 0 Å². The van der Waals surface area contributed by atoms with E-state index in [2.05, 4.69) is 4.74 Å². The fraction of sp³-hybridized carbons (Fsp3) is 0.0714. The lowest BCUT2D eigenvalue weighted by molar-refractivity contribution is -0.0498. The lowest BCUT2D eigenvalue weighted by atomic mass is 10.2. The minimum Gasteiger partial charge on any atom is -0.435 e. The lowest BCUT2D eigenvalue weighted by Crippen LogP contribution is -2.31. The molecule has 0 radical (unpaired) electrons. The number of ether oxygens (including phenoxy) is 1. The summed E-state index contributed by atoms with van der Waals surface area (Å²) in [6, 6.07) is 11.3. The molecule has 0 bridgehead atoms. The van der Waals surface area contributed by atoms with Crippen molar-refractivity contribution in [3.63, 3.8) is 0 Å². The molecule has 2 rings (SSSR count). The Kier molecular flexibility index (Phi) is 4.59. The molecule has 4 nitrogen and oxygen atoms in total. The summed E-state index contributed by atoms with van der Waals surface area (Å²) in [7, 11) is 0. The fourth-order valence-corrected chi connectivity index (χ4v) is 2.00. The Morgan fingerprint density at radius 1 is 1.14 bits per heavy atom. The summed E-state index contributed by atoms with van der Waals surface area (Å²) in [5.41, 5.74) is 6.07. The van der Waals surface area contributed by atoms with Crippen LogP contribution in [0.15, 0.2) is 48.5 Å². The average molecular weight is 313 g/mol. The van der Waals surface area contributed by atoms with Gasteiger partial charge >= 0.3 is 12.6 Å². The highest BCUT2D eigenvalue weighted by atomic mass is 35.5. The summed E-state index contributed by atoms with van der Waals surface area (Å²) < 4.78 is 28.8. The smallest absolute Gasteiger partial charge is 0.387 e. The highest BCUT2D eigenvalue weighted by Crippen LogP contribution is 2.30. The van der Waals surface area contributed by atoms with Gasteiger partial charge in [-0.3, -0.25) is 4.90 Å². The highest BCUT2D eigenvalue weighted by Gasteiger charge is 2.16. The molecule has 0 fully saturated rings. The maximum Gasteiger partial charge on any atom is 0.387 e. The number of alkyl halides is 2. The second-order valence-corrected chi connectivity index (χ2v) is 4.47. The van der Waals surface area contributed by atoms with Gasteiger partial charge in [-0.2, -0.15) is 8.78 Å². The number of carbonyl (C=O) groups is 1. The van der Waals surface area contributed by atoms with Crippen LogP contribution in [-0.2, 0) is 0 Å². The van der Waals surface area contributed by atoms with E-state index in [0.717, 1.165) is 4.90 Å². The maximum atomic E-state index is 12.2. The van der Waals surface area contributed by atoms with E-state index in [-0.39, 0.29) is 5.75 Å². The third-order valence-corrected chi connectivity index (χ3v) is 2.82. The Hall–Kier alpha value is -2.34. The number of nitrogens with two attached hydrogens (primary N) is 1. The van der Waals surface area contributed by atoms with E-state index in [1.807, 2.05) is 0 Å². The summed E-state index contributed by atoms with van der Waals surface area (Å²) in [6.45, 7) is -2.95. The molecule has 0 saturated carbocycles. The summed E-state index contributed by atoms with van der Waals surface area (Å²) in [5.74, 6) is -0.0734. The van der Waals surface area contributed by atoms with Crippen LogP contribution in [0.5, 0.6) is 5.75 Å². The summed E-state index contributed by atoms with van der Waals surface area (Å²) in [5, 5.41) is 0.415. The first kappa shape index (κ1) is 15.1. The number of carbonyl (C=O) groups excluding carboxylic acids is 1. The van der Waals surface area contributed by atoms with Gasteiger partial charge in [-0.15, -0.1) is 0 Å². The van der Waals surface area contributed by atoms with E-state index in [1.165, 1.54) is 24.3 Å². The van der Waals surface area contributed by atoms with Crippen LogP contribution in [0.1, 0.15) is 0 Å². The van der Waals surface area contributed by atoms with Crippen molar-refractivity contribution in [1.29, 1.82) is 0 Å². The van der Waals surface area contributed by atoms with Crippen molar-refractivity contribution < 1.29 is 18.3 Å². The van der Waals surface area contributed by atoms with E-state index < -0.39 is 12.6 Å². The quantitative estimate of drug-likeness (QED) is 0.921. The van der Waals surface area contributed by atoms with Crippen LogP contribution < -0.4 is 15.4 Å². The van der Waals surface area contributed by atoms with Crippen molar-refractivity contribution in [2.24, 2.45) is 5.73 Å². The van der Waals surface area contributed by atoms with Gasteiger partial charge in [0.25, 0.3) is 0 Å². The first-order chi connectivity index (χ1) is 9.97. The number of urea groups is 1. The minimum atomic E-state index is -2.95. The zero-order valence-corrected chi connectivity index (χ0v) is 11.4. The molecule has 0 aliphatic heterocycles. The van der Waals surface area contributed by atoms with Crippen LogP contribution in [-0.4, -0.2) is 12.6 Å². The molecule has 0 aliphatic carbocycles. The van der Waals surface area contributed by atoms with Crippen LogP contribution in [0.25, 0.3) is 0 Å². The van der Waals surface area contributed by atoms with Crippen molar-refractivity contribution in [3.05, 3.63) is 53.6 Å². The number of amides is 2. The molecule has 2 aromatic rings. The lowest BCUT2D eigenvalue weighted by Gasteiger charge is -2.21. The van der Waals surface area contributed by atoms with Gasteiger partial charge in [-0.25, -0.2) is 4.79 Å². The van der Waals surface area contributed by atoms with E-state index in [4.69, 9.17) is 17.3 Å². The van der Waals surface area contributed by atoms with Gasteiger partial charge < -0.3 is 10.5 Å². The van der Waals surface area contributed by atoms with E-state index >= 15 is 0 Å². The van der Waals surface area contributed by atoms with Gasteiger partial charge in [0.1, 0.15) is 5.75 Å². The minimum absolute atomic E-state index is 0.0734. The molecule has 110 valence electrons. The van der Waals surface area contributed by atoms with E-state index in [9.17, 15) is 13.6 Å². The normalized spacial score (nSPS) is 10.5. The standard InChI is InChI=1S/C14H11ClF2N2O2/c15-9-3-1-4-10(7-9)19(14(18)20)11-5-2-6-12(8-11)21-13(16)17/h1-8,13H,(H2,18,20). The first-order valence-corrected chi connectivity index (χ1v) is 6.25. The third kappa shape index (κ3) is 3.82. The maximum absolute atomic E-state index is 12.2. The topological polar surface area (TPSA) is 55.6 Å². The second-order valence-electron chi connectivity index (χ2n) is 4.03. The molecule has 0 spiro atoms. The van der Waals surface area contributed by atoms with Crippen molar-refractivity contribution in [1.82, 2.24) is 0 Å². The zero-order chi connectivity index (χ0) is 15.4. The van der Waals surface area contributed by atoms with E-state index in [0.29, 0.717) is 16.4 Å². The molecule has 2 aromatic carbocycles. The molecule has 7 heteroatoms. The SMILES string of the molecule is NC(=O)N(c1cccc(Cl)c1)c1cccc(OC(F)F)c1. The number of benzene rings is 2. The first-order valence-electron chi connectivity index (χ1n) is 5.87. The molecule has 0 aromatic heterocycles. The molecule has 0 saturated heterocycles. The number of hydrogen-bond acceptors (Lipinski definition) is 2. The molecule has 0 aliphatic rings. The molecule has 21 heavy (non-hydrogen) atoms. The number of hydrogen-bond donors (Lipinski definition) is 1. The van der Waals surface area contributed by atoms with Gasteiger partial charge in [0.05, 0.1) is 11.4 Å². The molecular formula is C14H11ClF2N2O2. The largest absolute Gasteiger partial charge is 0.435 e. The van der Waals surface area contributed by atoms with Gasteiger partial charge in [-0.1, -0.05) is 23.7 Å². The second kappa shape index (κ2) is 6.41. The van der Waals surface area contributed by atoms with Crippen LogP contribution in [0, 0.1) is 0 Å². The summed E-state index contributed by atoms with van der Waals surface area (Å²) in [6.07, 6.45) is 0. The van der Waals surface area contributed by atoms with Crippen LogP contribution in [0.3, 0.4) is 0 Å². The Morgan fingerprint density at radius 3 is 2.33 bits per heavy atom. The average Bonchev–Trinajstić information content (AvgIpc) is 2.38. The molecule has 2 amide bonds. The number of nitrogens with zero attached hydrogens (tertiary/aromatic N) is 1. The Morgan fingerprint density at radius 2 is 1.76 bits per heavy atom. The van der Waals surface area contributed by atoms with Crippen LogP contribution >= 0.6 is 11.6 Å². The number of anilines is 2. The molecule has 2 N–H and O–H groups in total. The van der Waals surface area contributed by atoms with Crippen molar-refractivity contribution in [3.8, 4) is 5.75 Å². The van der Waals surface area contributed by atoms with Crippen molar-refractivity contribution >= 4 is 29.0 Å². The van der Waals surface area contributed by atoms with Crippen molar-refractivity contribution in [2.75, 3.05) is 4.90 Å². The Bertz CT molecular complexity index is 652. The van der Waals surface area contributed by atoms with E-state index in [1.54, 1.807) is 24.3 Å². The fourth-order valence-electron chi connectivity index (χ4n) is 1.82. The van der Waals surface area contributed by atoms with Crippen molar-refractivity contribution in [2.45, 2.75) is 6.61 Å². The predicted octanol–water partition coefficient (Wildman–Crippen LogP) is 4.16.